The molecule has 0 bridgehead atoms. The molecule has 0 aliphatic carbocycles. The second kappa shape index (κ2) is 9.13. The highest BCUT2D eigenvalue weighted by Gasteiger charge is 2.17. The molecule has 23 heavy (non-hydrogen) atoms. The molecule has 1 aliphatic rings. The molecule has 0 radical (unpaired) electrons. The summed E-state index contributed by atoms with van der Waals surface area (Å²) >= 11 is 11.9. The molecule has 0 aromatic heterocycles. The first-order valence-electron chi connectivity index (χ1n) is 7.32. The smallest absolute Gasteiger partial charge is 0.309 e. The van der Waals surface area contributed by atoms with E-state index in [1.807, 2.05) is 0 Å². The van der Waals surface area contributed by atoms with E-state index in [1.54, 1.807) is 24.3 Å². The molecule has 1 aliphatic heterocycles. The van der Waals surface area contributed by atoms with Gasteiger partial charge in [0, 0.05) is 18.4 Å². The number of nitrogens with one attached hydrogen (secondary N) is 1. The monoisotopic (exact) mass is 359 g/mol. The first-order chi connectivity index (χ1) is 11.1. The quantitative estimate of drug-likeness (QED) is 0.621. The lowest BCUT2D eigenvalue weighted by Gasteiger charge is -2.22. The van der Waals surface area contributed by atoms with Gasteiger partial charge in [-0.25, -0.2) is 0 Å². The van der Waals surface area contributed by atoms with Gasteiger partial charge in [-0.2, -0.15) is 0 Å². The molecule has 7 heteroatoms. The first-order valence-corrected chi connectivity index (χ1v) is 8.07. The van der Waals surface area contributed by atoms with Crippen LogP contribution in [0.1, 0.15) is 24.8 Å². The van der Waals surface area contributed by atoms with Gasteiger partial charge in [0.05, 0.1) is 42.5 Å². The number of hydroxylamine groups is 1. The van der Waals surface area contributed by atoms with E-state index >= 15 is 0 Å². The molecule has 0 unspecified atom stereocenters. The lowest BCUT2D eigenvalue weighted by molar-refractivity contribution is -0.152. The summed E-state index contributed by atoms with van der Waals surface area (Å²) in [7, 11) is 1.49. The van der Waals surface area contributed by atoms with Crippen LogP contribution >= 0.6 is 23.2 Å². The summed E-state index contributed by atoms with van der Waals surface area (Å²) in [6, 6.07) is 5.17. The van der Waals surface area contributed by atoms with Crippen LogP contribution in [0, 0.1) is 0 Å². The molecule has 0 amide bonds. The molecular formula is C16H19Cl2NO4. The maximum Gasteiger partial charge on any atom is 0.309 e. The summed E-state index contributed by atoms with van der Waals surface area (Å²) in [5.41, 5.74) is 4.12. The van der Waals surface area contributed by atoms with Crippen molar-refractivity contribution in [3.05, 3.63) is 39.9 Å². The summed E-state index contributed by atoms with van der Waals surface area (Å²) in [6.07, 6.45) is 3.25. The van der Waals surface area contributed by atoms with Gasteiger partial charge in [0.1, 0.15) is 6.10 Å². The predicted octanol–water partition coefficient (Wildman–Crippen LogP) is 3.60. The van der Waals surface area contributed by atoms with Crippen LogP contribution in [0.3, 0.4) is 0 Å². The first kappa shape index (κ1) is 18.1. The fraction of sp³-hybridized carbons (Fsp3) is 0.438. The molecule has 0 saturated carbocycles. The maximum atomic E-state index is 11.9. The summed E-state index contributed by atoms with van der Waals surface area (Å²) in [5, 5.41) is 0.892. The summed E-state index contributed by atoms with van der Waals surface area (Å²) in [4.78, 5) is 16.9. The Balaban J connectivity index is 1.99. The van der Waals surface area contributed by atoms with E-state index in [-0.39, 0.29) is 18.5 Å². The third kappa shape index (κ3) is 5.70. The molecular weight excluding hydrogens is 341 g/mol. The number of carbonyl (C=O) groups excluding carboxylic acids is 1. The zero-order chi connectivity index (χ0) is 16.7. The van der Waals surface area contributed by atoms with Crippen molar-refractivity contribution in [1.82, 2.24) is 5.48 Å². The van der Waals surface area contributed by atoms with E-state index in [1.165, 1.54) is 7.11 Å². The van der Waals surface area contributed by atoms with Crippen LogP contribution in [0.5, 0.6) is 0 Å². The standard InChI is InChI=1S/C16H19Cl2NO4/c1-21-19-15(11-2-3-13(17)14(18)10-11)4-5-16(20)23-12-6-8-22-9-7-12/h2-4,10,12,19H,5-9H2,1H3. The van der Waals surface area contributed by atoms with Gasteiger partial charge in [0.15, 0.2) is 0 Å². The van der Waals surface area contributed by atoms with Gasteiger partial charge in [-0.15, -0.1) is 0 Å². The maximum absolute atomic E-state index is 11.9. The van der Waals surface area contributed by atoms with Crippen molar-refractivity contribution >= 4 is 34.9 Å². The molecule has 1 N–H and O–H groups in total. The average Bonchev–Trinajstić information content (AvgIpc) is 2.55. The summed E-state index contributed by atoms with van der Waals surface area (Å²) in [6.45, 7) is 1.26. The third-order valence-electron chi connectivity index (χ3n) is 3.38. The highest BCUT2D eigenvalue weighted by atomic mass is 35.5. The van der Waals surface area contributed by atoms with Gasteiger partial charge >= 0.3 is 5.97 Å². The molecule has 2 rings (SSSR count). The minimum Gasteiger partial charge on any atom is -0.462 e. The van der Waals surface area contributed by atoms with E-state index in [2.05, 4.69) is 5.48 Å². The van der Waals surface area contributed by atoms with Gasteiger partial charge in [0.2, 0.25) is 0 Å². The zero-order valence-corrected chi connectivity index (χ0v) is 14.3. The minimum atomic E-state index is -0.285. The van der Waals surface area contributed by atoms with Crippen molar-refractivity contribution in [2.24, 2.45) is 0 Å². The van der Waals surface area contributed by atoms with Crippen LogP contribution in [0.2, 0.25) is 10.0 Å². The van der Waals surface area contributed by atoms with E-state index in [9.17, 15) is 4.79 Å². The highest BCUT2D eigenvalue weighted by Crippen LogP contribution is 2.25. The number of ether oxygens (including phenoxy) is 2. The second-order valence-corrected chi connectivity index (χ2v) is 5.87. The molecule has 126 valence electrons. The van der Waals surface area contributed by atoms with Crippen molar-refractivity contribution in [3.8, 4) is 0 Å². The zero-order valence-electron chi connectivity index (χ0n) is 12.8. The van der Waals surface area contributed by atoms with E-state index in [0.29, 0.717) is 29.0 Å². The van der Waals surface area contributed by atoms with Gasteiger partial charge < -0.3 is 9.47 Å². The average molecular weight is 360 g/mol. The lowest BCUT2D eigenvalue weighted by Crippen LogP contribution is -2.26. The van der Waals surface area contributed by atoms with E-state index in [0.717, 1.165) is 18.4 Å². The lowest BCUT2D eigenvalue weighted by atomic mass is 10.1. The minimum absolute atomic E-state index is 0.0616. The molecule has 1 heterocycles. The van der Waals surface area contributed by atoms with Crippen LogP contribution in [0.15, 0.2) is 24.3 Å². The van der Waals surface area contributed by atoms with Gasteiger partial charge in [0.25, 0.3) is 0 Å². The van der Waals surface area contributed by atoms with Crippen LogP contribution in [-0.4, -0.2) is 32.4 Å². The fourth-order valence-electron chi connectivity index (χ4n) is 2.21. The molecule has 1 fully saturated rings. The molecule has 0 spiro atoms. The van der Waals surface area contributed by atoms with Gasteiger partial charge in [-0.05, 0) is 18.2 Å². The Bertz CT molecular complexity index is 571. The van der Waals surface area contributed by atoms with Gasteiger partial charge in [-0.1, -0.05) is 29.3 Å². The Labute approximate surface area is 145 Å². The SMILES string of the molecule is CONC(=CCC(=O)OC1CCOCC1)c1ccc(Cl)c(Cl)c1. The third-order valence-corrected chi connectivity index (χ3v) is 4.12. The Hall–Kier alpha value is -1.27. The molecule has 1 saturated heterocycles. The van der Waals surface area contributed by atoms with Crippen molar-refractivity contribution < 1.29 is 19.1 Å². The fourth-order valence-corrected chi connectivity index (χ4v) is 2.50. The van der Waals surface area contributed by atoms with Crippen molar-refractivity contribution in [1.29, 1.82) is 0 Å². The molecule has 5 nitrogen and oxygen atoms in total. The molecule has 1 aromatic rings. The Kier molecular flexibility index (Phi) is 7.17. The molecule has 1 aromatic carbocycles. The topological polar surface area (TPSA) is 56.8 Å². The Morgan fingerprint density at radius 2 is 2.09 bits per heavy atom. The van der Waals surface area contributed by atoms with Crippen LogP contribution in [0.4, 0.5) is 0 Å². The van der Waals surface area contributed by atoms with Gasteiger partial charge in [-0.3, -0.25) is 15.1 Å². The Morgan fingerprint density at radius 1 is 1.35 bits per heavy atom. The number of hydrogen-bond donors (Lipinski definition) is 1. The highest BCUT2D eigenvalue weighted by molar-refractivity contribution is 6.42. The largest absolute Gasteiger partial charge is 0.462 e. The summed E-state index contributed by atoms with van der Waals surface area (Å²) in [5.74, 6) is -0.285. The van der Waals surface area contributed by atoms with Crippen LogP contribution in [0.25, 0.3) is 5.70 Å². The van der Waals surface area contributed by atoms with Crippen molar-refractivity contribution in [2.45, 2.75) is 25.4 Å². The van der Waals surface area contributed by atoms with Crippen LogP contribution < -0.4 is 5.48 Å². The normalized spacial score (nSPS) is 16.2. The van der Waals surface area contributed by atoms with E-state index in [4.69, 9.17) is 37.5 Å². The van der Waals surface area contributed by atoms with E-state index < -0.39 is 0 Å². The number of hydrogen-bond acceptors (Lipinski definition) is 5. The Morgan fingerprint density at radius 3 is 2.74 bits per heavy atom. The summed E-state index contributed by atoms with van der Waals surface area (Å²) < 4.78 is 10.7. The van der Waals surface area contributed by atoms with Crippen molar-refractivity contribution in [3.63, 3.8) is 0 Å². The number of esters is 1. The molecule has 0 atom stereocenters. The predicted molar refractivity (Wildman–Crippen MR) is 89.1 cm³/mol. The second-order valence-electron chi connectivity index (χ2n) is 5.06. The number of halogens is 2. The van der Waals surface area contributed by atoms with Crippen LogP contribution in [-0.2, 0) is 19.1 Å². The number of rotatable bonds is 6. The van der Waals surface area contributed by atoms with Crippen molar-refractivity contribution in [2.75, 3.05) is 20.3 Å². The number of benzene rings is 1. The number of carbonyl (C=O) groups is 1.